The van der Waals surface area contributed by atoms with Crippen LogP contribution in [0.15, 0.2) is 69.6 Å². The minimum atomic E-state index is -0.354. The Morgan fingerprint density at radius 1 is 0.871 bits per heavy atom. The number of rotatable bonds is 4. The van der Waals surface area contributed by atoms with Gasteiger partial charge in [0, 0.05) is 20.2 Å². The van der Waals surface area contributed by atoms with Crippen molar-refractivity contribution in [2.24, 2.45) is 0 Å². The van der Waals surface area contributed by atoms with Gasteiger partial charge in [0.15, 0.2) is 5.82 Å². The van der Waals surface area contributed by atoms with Crippen LogP contribution in [0.5, 0.6) is 0 Å². The van der Waals surface area contributed by atoms with Gasteiger partial charge in [-0.1, -0.05) is 61.7 Å². The summed E-state index contributed by atoms with van der Waals surface area (Å²) in [4.78, 5) is 17.6. The Kier molecular flexibility index (Phi) is 6.07. The van der Waals surface area contributed by atoms with Crippen molar-refractivity contribution in [1.82, 2.24) is 14.8 Å². The maximum absolute atomic E-state index is 13.0. The van der Waals surface area contributed by atoms with Crippen molar-refractivity contribution in [3.8, 4) is 17.1 Å². The second kappa shape index (κ2) is 8.77. The SMILES string of the molecule is Cc1ccc(-n2nc(C(=O)Nc3ccc(Br)cc3C)nc2-c2ccc(Br)cc2)c(C)c1. The maximum atomic E-state index is 13.0. The highest BCUT2D eigenvalue weighted by molar-refractivity contribution is 9.10. The highest BCUT2D eigenvalue weighted by atomic mass is 79.9. The summed E-state index contributed by atoms with van der Waals surface area (Å²) >= 11 is 6.91. The van der Waals surface area contributed by atoms with Crippen LogP contribution in [0.1, 0.15) is 27.3 Å². The first-order valence-electron chi connectivity index (χ1n) is 9.70. The zero-order chi connectivity index (χ0) is 22.1. The molecule has 0 spiro atoms. The van der Waals surface area contributed by atoms with Crippen LogP contribution in [0.2, 0.25) is 0 Å². The number of anilines is 1. The van der Waals surface area contributed by atoms with Crippen LogP contribution in [-0.2, 0) is 0 Å². The molecular formula is C24H20Br2N4O. The second-order valence-corrected chi connectivity index (χ2v) is 9.21. The van der Waals surface area contributed by atoms with E-state index in [1.807, 2.05) is 75.4 Å². The Labute approximate surface area is 197 Å². The molecule has 4 aromatic rings. The van der Waals surface area contributed by atoms with Gasteiger partial charge in [0.1, 0.15) is 0 Å². The molecule has 4 rings (SSSR count). The molecule has 31 heavy (non-hydrogen) atoms. The summed E-state index contributed by atoms with van der Waals surface area (Å²) in [6.07, 6.45) is 0. The van der Waals surface area contributed by atoms with Crippen LogP contribution in [0.25, 0.3) is 17.1 Å². The molecule has 0 fully saturated rings. The molecule has 1 N–H and O–H groups in total. The molecule has 156 valence electrons. The molecule has 5 nitrogen and oxygen atoms in total. The number of hydrogen-bond acceptors (Lipinski definition) is 3. The zero-order valence-corrected chi connectivity index (χ0v) is 20.5. The van der Waals surface area contributed by atoms with Crippen LogP contribution in [0.3, 0.4) is 0 Å². The third-order valence-electron chi connectivity index (χ3n) is 4.93. The van der Waals surface area contributed by atoms with E-state index >= 15 is 0 Å². The van der Waals surface area contributed by atoms with E-state index in [0.29, 0.717) is 5.82 Å². The molecule has 0 bridgehead atoms. The Bertz CT molecular complexity index is 1280. The van der Waals surface area contributed by atoms with Crippen molar-refractivity contribution >= 4 is 43.5 Å². The number of nitrogens with one attached hydrogen (secondary N) is 1. The first-order chi connectivity index (χ1) is 14.8. The molecule has 0 unspecified atom stereocenters. The van der Waals surface area contributed by atoms with Crippen molar-refractivity contribution in [2.45, 2.75) is 20.8 Å². The smallest absolute Gasteiger partial charge is 0.295 e. The predicted molar refractivity (Wildman–Crippen MR) is 131 cm³/mol. The van der Waals surface area contributed by atoms with Gasteiger partial charge in [0.2, 0.25) is 5.82 Å². The number of amides is 1. The van der Waals surface area contributed by atoms with Crippen molar-refractivity contribution in [3.63, 3.8) is 0 Å². The lowest BCUT2D eigenvalue weighted by molar-refractivity contribution is 0.101. The molecular weight excluding hydrogens is 520 g/mol. The minimum absolute atomic E-state index is 0.111. The first kappa shape index (κ1) is 21.5. The summed E-state index contributed by atoms with van der Waals surface area (Å²) in [7, 11) is 0. The summed E-state index contributed by atoms with van der Waals surface area (Å²) in [5, 5.41) is 7.51. The Morgan fingerprint density at radius 2 is 1.58 bits per heavy atom. The summed E-state index contributed by atoms with van der Waals surface area (Å²) in [6, 6.07) is 19.6. The molecule has 0 saturated carbocycles. The average molecular weight is 540 g/mol. The number of hydrogen-bond donors (Lipinski definition) is 1. The molecule has 1 aromatic heterocycles. The highest BCUT2D eigenvalue weighted by Crippen LogP contribution is 2.26. The monoisotopic (exact) mass is 538 g/mol. The van der Waals surface area contributed by atoms with E-state index in [2.05, 4.69) is 53.3 Å². The Balaban J connectivity index is 1.79. The molecule has 7 heteroatoms. The summed E-state index contributed by atoms with van der Waals surface area (Å²) < 4.78 is 3.66. The first-order valence-corrected chi connectivity index (χ1v) is 11.3. The van der Waals surface area contributed by atoms with Crippen molar-refractivity contribution in [1.29, 1.82) is 0 Å². The van der Waals surface area contributed by atoms with Crippen LogP contribution in [0, 0.1) is 20.8 Å². The summed E-state index contributed by atoms with van der Waals surface area (Å²) in [5.74, 6) is 0.365. The second-order valence-electron chi connectivity index (χ2n) is 7.38. The van der Waals surface area contributed by atoms with E-state index in [1.165, 1.54) is 0 Å². The van der Waals surface area contributed by atoms with Crippen LogP contribution in [-0.4, -0.2) is 20.7 Å². The molecule has 0 atom stereocenters. The topological polar surface area (TPSA) is 59.8 Å². The molecule has 0 aliphatic heterocycles. The molecule has 0 saturated heterocycles. The van der Waals surface area contributed by atoms with E-state index in [9.17, 15) is 4.79 Å². The van der Waals surface area contributed by atoms with Gasteiger partial charge in [-0.3, -0.25) is 4.79 Å². The van der Waals surface area contributed by atoms with E-state index < -0.39 is 0 Å². The molecule has 0 aliphatic carbocycles. The van der Waals surface area contributed by atoms with Gasteiger partial charge in [0.25, 0.3) is 5.91 Å². The van der Waals surface area contributed by atoms with E-state index in [0.717, 1.165) is 42.6 Å². The van der Waals surface area contributed by atoms with Crippen LogP contribution < -0.4 is 5.32 Å². The highest BCUT2D eigenvalue weighted by Gasteiger charge is 2.20. The number of aromatic nitrogens is 3. The fourth-order valence-corrected chi connectivity index (χ4v) is 4.09. The van der Waals surface area contributed by atoms with Crippen LogP contribution >= 0.6 is 31.9 Å². The van der Waals surface area contributed by atoms with E-state index in [4.69, 9.17) is 0 Å². The largest absolute Gasteiger partial charge is 0.319 e. The number of carbonyl (C=O) groups is 1. The lowest BCUT2D eigenvalue weighted by Gasteiger charge is -2.10. The minimum Gasteiger partial charge on any atom is -0.319 e. The zero-order valence-electron chi connectivity index (χ0n) is 17.3. The van der Waals surface area contributed by atoms with Crippen molar-refractivity contribution in [2.75, 3.05) is 5.32 Å². The van der Waals surface area contributed by atoms with Crippen molar-refractivity contribution in [3.05, 3.63) is 92.1 Å². The quantitative estimate of drug-likeness (QED) is 0.316. The van der Waals surface area contributed by atoms with Gasteiger partial charge in [-0.15, -0.1) is 5.10 Å². The lowest BCUT2D eigenvalue weighted by atomic mass is 10.1. The normalized spacial score (nSPS) is 10.9. The third-order valence-corrected chi connectivity index (χ3v) is 5.95. The van der Waals surface area contributed by atoms with E-state index in [1.54, 1.807) is 4.68 Å². The summed E-state index contributed by atoms with van der Waals surface area (Å²) in [6.45, 7) is 6.02. The van der Waals surface area contributed by atoms with Gasteiger partial charge in [-0.2, -0.15) is 0 Å². The molecule has 0 radical (unpaired) electrons. The molecule has 1 heterocycles. The van der Waals surface area contributed by atoms with Gasteiger partial charge < -0.3 is 5.32 Å². The van der Waals surface area contributed by atoms with Crippen molar-refractivity contribution < 1.29 is 4.79 Å². The lowest BCUT2D eigenvalue weighted by Crippen LogP contribution is -2.15. The molecule has 1 amide bonds. The molecule has 0 aliphatic rings. The third kappa shape index (κ3) is 4.62. The number of halogens is 2. The van der Waals surface area contributed by atoms with Gasteiger partial charge in [0.05, 0.1) is 5.69 Å². The fourth-order valence-electron chi connectivity index (χ4n) is 3.35. The van der Waals surface area contributed by atoms with Gasteiger partial charge >= 0.3 is 0 Å². The van der Waals surface area contributed by atoms with Crippen LogP contribution in [0.4, 0.5) is 5.69 Å². The Hall–Kier alpha value is -2.77. The molecule has 3 aromatic carbocycles. The maximum Gasteiger partial charge on any atom is 0.295 e. The number of nitrogens with zero attached hydrogens (tertiary/aromatic N) is 3. The Morgan fingerprint density at radius 3 is 2.26 bits per heavy atom. The standard InChI is InChI=1S/C24H20Br2N4O/c1-14-4-11-21(16(3)12-14)30-23(17-5-7-18(25)8-6-17)28-22(29-30)24(31)27-20-10-9-19(26)13-15(20)2/h4-13H,1-3H3,(H,27,31). The fraction of sp³-hybridized carbons (Fsp3) is 0.125. The average Bonchev–Trinajstić information content (AvgIpc) is 3.16. The number of aryl methyl sites for hydroxylation is 3. The number of carbonyl (C=O) groups excluding carboxylic acids is 1. The number of benzene rings is 3. The van der Waals surface area contributed by atoms with Gasteiger partial charge in [-0.25, -0.2) is 9.67 Å². The van der Waals surface area contributed by atoms with E-state index in [-0.39, 0.29) is 11.7 Å². The summed E-state index contributed by atoms with van der Waals surface area (Å²) in [5.41, 5.74) is 5.64. The van der Waals surface area contributed by atoms with Gasteiger partial charge in [-0.05, 0) is 68.3 Å². The predicted octanol–water partition coefficient (Wildman–Crippen LogP) is 6.64.